The van der Waals surface area contributed by atoms with E-state index in [1.54, 1.807) is 24.3 Å². The molecule has 0 unspecified atom stereocenters. The molecule has 2 aromatic carbocycles. The van der Waals surface area contributed by atoms with Crippen molar-refractivity contribution in [2.45, 2.75) is 11.3 Å². The van der Waals surface area contributed by atoms with Crippen LogP contribution in [0.5, 0.6) is 11.5 Å². The third kappa shape index (κ3) is 4.66. The number of fused-ring (bicyclic) bond motifs is 1. The molecule has 29 heavy (non-hydrogen) atoms. The van der Waals surface area contributed by atoms with Gasteiger partial charge in [0.2, 0.25) is 17.8 Å². The number of hydrogen-bond acceptors (Lipinski definition) is 8. The lowest BCUT2D eigenvalue weighted by Gasteiger charge is -2.05. The van der Waals surface area contributed by atoms with Gasteiger partial charge in [0.15, 0.2) is 15.8 Å². The van der Waals surface area contributed by atoms with E-state index in [-0.39, 0.29) is 24.4 Å². The van der Waals surface area contributed by atoms with E-state index in [0.29, 0.717) is 32.2 Å². The van der Waals surface area contributed by atoms with Gasteiger partial charge in [-0.25, -0.2) is 0 Å². The predicted molar refractivity (Wildman–Crippen MR) is 111 cm³/mol. The van der Waals surface area contributed by atoms with Gasteiger partial charge >= 0.3 is 0 Å². The topological polar surface area (TPSA) is 102 Å². The molecular weight excluding hydrogens is 412 g/mol. The highest BCUT2D eigenvalue weighted by Crippen LogP contribution is 2.34. The third-order valence-corrected chi connectivity index (χ3v) is 5.97. The molecule has 1 aliphatic rings. The van der Waals surface area contributed by atoms with Crippen LogP contribution in [0.3, 0.4) is 0 Å². The van der Waals surface area contributed by atoms with E-state index in [1.165, 1.54) is 23.1 Å². The van der Waals surface area contributed by atoms with E-state index in [2.05, 4.69) is 20.8 Å². The van der Waals surface area contributed by atoms with E-state index >= 15 is 0 Å². The minimum atomic E-state index is -0.239. The molecule has 8 nitrogen and oxygen atoms in total. The lowest BCUT2D eigenvalue weighted by atomic mass is 10.1. The summed E-state index contributed by atoms with van der Waals surface area (Å²) in [5, 5.41) is 13.9. The van der Waals surface area contributed by atoms with Crippen LogP contribution >= 0.6 is 23.1 Å². The summed E-state index contributed by atoms with van der Waals surface area (Å²) >= 11 is 2.46. The smallest absolute Gasteiger partial charge is 0.257 e. The Morgan fingerprint density at radius 1 is 1.10 bits per heavy atom. The van der Waals surface area contributed by atoms with Gasteiger partial charge in [-0.05, 0) is 30.7 Å². The van der Waals surface area contributed by atoms with Crippen LogP contribution in [-0.4, -0.2) is 34.6 Å². The van der Waals surface area contributed by atoms with Gasteiger partial charge in [-0.1, -0.05) is 41.3 Å². The Morgan fingerprint density at radius 2 is 1.93 bits per heavy atom. The fraction of sp³-hybridized carbons (Fsp3) is 0.158. The summed E-state index contributed by atoms with van der Waals surface area (Å²) in [6, 6.07) is 12.5. The molecular formula is C19H16N4O4S2. The molecule has 0 saturated carbocycles. The molecule has 148 valence electrons. The molecule has 0 saturated heterocycles. The number of carbonyl (C=O) groups is 2. The second-order valence-corrected chi connectivity index (χ2v) is 8.25. The maximum Gasteiger partial charge on any atom is 0.257 e. The van der Waals surface area contributed by atoms with Gasteiger partial charge in [-0.2, -0.15) is 0 Å². The van der Waals surface area contributed by atoms with Gasteiger partial charge in [0, 0.05) is 17.3 Å². The minimum absolute atomic E-state index is 0.162. The summed E-state index contributed by atoms with van der Waals surface area (Å²) in [5.74, 6) is 1.00. The van der Waals surface area contributed by atoms with E-state index in [1.807, 2.05) is 25.1 Å². The summed E-state index contributed by atoms with van der Waals surface area (Å²) in [4.78, 5) is 24.5. The second-order valence-electron chi connectivity index (χ2n) is 6.05. The quantitative estimate of drug-likeness (QED) is 0.457. The number of carbonyl (C=O) groups excluding carboxylic acids is 2. The number of benzene rings is 2. The Labute approximate surface area is 174 Å². The molecule has 2 heterocycles. The number of thioether (sulfide) groups is 1. The van der Waals surface area contributed by atoms with Crippen LogP contribution in [0.25, 0.3) is 0 Å². The van der Waals surface area contributed by atoms with Crippen molar-refractivity contribution < 1.29 is 19.1 Å². The zero-order valence-corrected chi connectivity index (χ0v) is 16.9. The molecule has 10 heteroatoms. The molecule has 0 radical (unpaired) electrons. The number of aryl methyl sites for hydroxylation is 1. The van der Waals surface area contributed by atoms with Crippen LogP contribution in [0.2, 0.25) is 0 Å². The molecule has 2 N–H and O–H groups in total. The van der Waals surface area contributed by atoms with Crippen LogP contribution < -0.4 is 20.1 Å². The van der Waals surface area contributed by atoms with Crippen LogP contribution in [0, 0.1) is 6.92 Å². The number of aromatic nitrogens is 2. The van der Waals surface area contributed by atoms with Crippen molar-refractivity contribution in [1.29, 1.82) is 0 Å². The van der Waals surface area contributed by atoms with Crippen molar-refractivity contribution in [3.05, 3.63) is 53.6 Å². The normalized spacial score (nSPS) is 11.9. The van der Waals surface area contributed by atoms with Crippen LogP contribution in [0.1, 0.15) is 15.9 Å². The fourth-order valence-electron chi connectivity index (χ4n) is 2.61. The minimum Gasteiger partial charge on any atom is -0.454 e. The number of amides is 2. The number of ether oxygens (including phenoxy) is 2. The van der Waals surface area contributed by atoms with Gasteiger partial charge in [-0.15, -0.1) is 10.2 Å². The average Bonchev–Trinajstić information content (AvgIpc) is 3.35. The van der Waals surface area contributed by atoms with E-state index in [4.69, 9.17) is 9.47 Å². The molecule has 0 spiro atoms. The maximum atomic E-state index is 12.3. The number of hydrogen-bond donors (Lipinski definition) is 2. The van der Waals surface area contributed by atoms with Crippen molar-refractivity contribution >= 4 is 45.7 Å². The molecule has 4 rings (SSSR count). The highest BCUT2D eigenvalue weighted by Gasteiger charge is 2.15. The van der Waals surface area contributed by atoms with Gasteiger partial charge in [0.25, 0.3) is 5.91 Å². The number of nitrogens with zero attached hydrogens (tertiary/aromatic N) is 2. The van der Waals surface area contributed by atoms with Crippen LogP contribution in [-0.2, 0) is 4.79 Å². The highest BCUT2D eigenvalue weighted by molar-refractivity contribution is 8.01. The zero-order chi connectivity index (χ0) is 20.2. The van der Waals surface area contributed by atoms with Crippen molar-refractivity contribution in [1.82, 2.24) is 10.2 Å². The zero-order valence-electron chi connectivity index (χ0n) is 15.3. The summed E-state index contributed by atoms with van der Waals surface area (Å²) in [6.07, 6.45) is 0. The van der Waals surface area contributed by atoms with E-state index < -0.39 is 0 Å². The van der Waals surface area contributed by atoms with Crippen molar-refractivity contribution in [2.75, 3.05) is 23.2 Å². The van der Waals surface area contributed by atoms with Gasteiger partial charge in [0.05, 0.1) is 5.75 Å². The van der Waals surface area contributed by atoms with Crippen molar-refractivity contribution in [3.8, 4) is 11.5 Å². The monoisotopic (exact) mass is 428 g/mol. The molecule has 1 aliphatic heterocycles. The molecule has 2 amide bonds. The lowest BCUT2D eigenvalue weighted by Crippen LogP contribution is -2.13. The summed E-state index contributed by atoms with van der Waals surface area (Å²) in [5.41, 5.74) is 2.09. The van der Waals surface area contributed by atoms with Gasteiger partial charge in [0.1, 0.15) is 0 Å². The van der Waals surface area contributed by atoms with E-state index in [0.717, 1.165) is 5.56 Å². The van der Waals surface area contributed by atoms with Crippen LogP contribution in [0.4, 0.5) is 10.8 Å². The molecule has 1 aromatic heterocycles. The molecule has 0 atom stereocenters. The summed E-state index contributed by atoms with van der Waals surface area (Å²) < 4.78 is 11.1. The first kappa shape index (κ1) is 19.2. The van der Waals surface area contributed by atoms with Crippen molar-refractivity contribution in [2.24, 2.45) is 0 Å². The van der Waals surface area contributed by atoms with Crippen LogP contribution in [0.15, 0.2) is 46.8 Å². The standard InChI is InChI=1S/C19H16N4O4S2/c1-11-4-2-3-5-13(11)17(25)21-18-22-23-19(29-18)28-9-16(24)20-12-6-7-14-15(8-12)27-10-26-14/h2-8H,9-10H2,1H3,(H,20,24)(H,21,22,25). The Balaban J connectivity index is 1.29. The first-order valence-corrected chi connectivity index (χ1v) is 10.4. The summed E-state index contributed by atoms with van der Waals surface area (Å²) in [6.45, 7) is 2.05. The molecule has 0 bridgehead atoms. The first-order chi connectivity index (χ1) is 14.1. The fourth-order valence-corrected chi connectivity index (χ4v) is 4.16. The highest BCUT2D eigenvalue weighted by atomic mass is 32.2. The predicted octanol–water partition coefficient (Wildman–Crippen LogP) is 3.56. The second kappa shape index (κ2) is 8.50. The number of rotatable bonds is 6. The van der Waals surface area contributed by atoms with E-state index in [9.17, 15) is 9.59 Å². The molecule has 0 fully saturated rings. The first-order valence-electron chi connectivity index (χ1n) is 8.61. The number of nitrogens with one attached hydrogen (secondary N) is 2. The maximum absolute atomic E-state index is 12.3. The number of anilines is 2. The largest absolute Gasteiger partial charge is 0.454 e. The van der Waals surface area contributed by atoms with Crippen molar-refractivity contribution in [3.63, 3.8) is 0 Å². The molecule has 0 aliphatic carbocycles. The van der Waals surface area contributed by atoms with Gasteiger partial charge < -0.3 is 14.8 Å². The Hall–Kier alpha value is -3.11. The summed E-state index contributed by atoms with van der Waals surface area (Å²) in [7, 11) is 0. The lowest BCUT2D eigenvalue weighted by molar-refractivity contribution is -0.113. The Morgan fingerprint density at radius 3 is 2.79 bits per heavy atom. The molecule has 3 aromatic rings. The Bertz CT molecular complexity index is 1070. The average molecular weight is 428 g/mol. The SMILES string of the molecule is Cc1ccccc1C(=O)Nc1nnc(SCC(=O)Nc2ccc3c(c2)OCO3)s1. The Kier molecular flexibility index (Phi) is 5.63. The third-order valence-electron chi connectivity index (χ3n) is 4.00. The van der Waals surface area contributed by atoms with Gasteiger partial charge in [-0.3, -0.25) is 14.9 Å².